The maximum Gasteiger partial charge on any atom is 0.251 e. The number of hydrogen-bond donors (Lipinski definition) is 3. The quantitative estimate of drug-likeness (QED) is 0.133. The summed E-state index contributed by atoms with van der Waals surface area (Å²) >= 11 is 5.95. The Morgan fingerprint density at radius 2 is 1.78 bits per heavy atom. The van der Waals surface area contributed by atoms with E-state index in [2.05, 4.69) is 35.0 Å². The van der Waals surface area contributed by atoms with Gasteiger partial charge in [-0.15, -0.1) is 0 Å². The van der Waals surface area contributed by atoms with Gasteiger partial charge in [-0.1, -0.05) is 42.0 Å². The summed E-state index contributed by atoms with van der Waals surface area (Å²) in [7, 11) is 0. The summed E-state index contributed by atoms with van der Waals surface area (Å²) in [6.07, 6.45) is 6.14. The van der Waals surface area contributed by atoms with E-state index in [1.165, 1.54) is 11.3 Å². The van der Waals surface area contributed by atoms with Crippen LogP contribution in [0.15, 0.2) is 72.8 Å². The average molecular weight is 513 g/mol. The van der Waals surface area contributed by atoms with E-state index >= 15 is 0 Å². The van der Waals surface area contributed by atoms with Crippen LogP contribution in [0.1, 0.15) is 57.2 Å². The third-order valence-corrected chi connectivity index (χ3v) is 7.11. The molecule has 1 aromatic heterocycles. The van der Waals surface area contributed by atoms with Gasteiger partial charge in [-0.05, 0) is 98.3 Å². The topological polar surface area (TPSA) is 83.9 Å². The largest absolute Gasteiger partial charge is 0.384 e. The second-order valence-corrected chi connectivity index (χ2v) is 9.79. The second kappa shape index (κ2) is 11.5. The molecule has 190 valence electrons. The van der Waals surface area contributed by atoms with Gasteiger partial charge in [0.05, 0.1) is 0 Å². The number of carbonyl (C=O) groups excluding carboxylic acids is 1. The smallest absolute Gasteiger partial charge is 0.251 e. The number of halogens is 1. The third-order valence-electron chi connectivity index (χ3n) is 6.86. The van der Waals surface area contributed by atoms with E-state index in [9.17, 15) is 4.79 Å². The molecule has 0 saturated heterocycles. The molecule has 0 atom stereocenters. The Morgan fingerprint density at radius 1 is 1.05 bits per heavy atom. The highest BCUT2D eigenvalue weighted by atomic mass is 35.5. The summed E-state index contributed by atoms with van der Waals surface area (Å²) < 4.78 is 2.33. The molecule has 4 aromatic rings. The van der Waals surface area contributed by atoms with E-state index in [0.29, 0.717) is 23.7 Å². The number of nitrogen functional groups attached to an aromatic ring is 1. The second-order valence-electron chi connectivity index (χ2n) is 9.35. The number of rotatable bonds is 9. The van der Waals surface area contributed by atoms with E-state index in [-0.39, 0.29) is 11.7 Å². The van der Waals surface area contributed by atoms with Gasteiger partial charge in [0.2, 0.25) is 0 Å². The van der Waals surface area contributed by atoms with Crippen molar-refractivity contribution in [2.75, 3.05) is 0 Å². The van der Waals surface area contributed by atoms with Crippen LogP contribution in [-0.2, 0) is 19.5 Å². The first-order chi connectivity index (χ1) is 17.8. The molecule has 4 rings (SSSR count). The first-order valence-electron chi connectivity index (χ1n) is 12.5. The number of amidine groups is 1. The molecular formula is C31H33ClN4O. The fourth-order valence-corrected chi connectivity index (χ4v) is 4.83. The number of hydrogen-bond acceptors (Lipinski definition) is 2. The van der Waals surface area contributed by atoms with Gasteiger partial charge in [0.15, 0.2) is 0 Å². The number of nitrogens with two attached hydrogens (primary N) is 1. The monoisotopic (exact) mass is 512 g/mol. The molecule has 0 unspecified atom stereocenters. The highest BCUT2D eigenvalue weighted by Crippen LogP contribution is 2.30. The number of aryl methyl sites for hydroxylation is 2. The zero-order valence-corrected chi connectivity index (χ0v) is 22.3. The minimum atomic E-state index is -0.102. The lowest BCUT2D eigenvalue weighted by atomic mass is 10.0. The van der Waals surface area contributed by atoms with Crippen molar-refractivity contribution in [1.82, 2.24) is 9.88 Å². The molecule has 37 heavy (non-hydrogen) atoms. The summed E-state index contributed by atoms with van der Waals surface area (Å²) in [6.45, 7) is 7.39. The Hall–Kier alpha value is -3.83. The van der Waals surface area contributed by atoms with Crippen LogP contribution in [-0.4, -0.2) is 16.3 Å². The van der Waals surface area contributed by atoms with Crippen LogP contribution in [0.3, 0.4) is 0 Å². The van der Waals surface area contributed by atoms with Crippen molar-refractivity contribution in [3.63, 3.8) is 0 Å². The van der Waals surface area contributed by atoms with Crippen molar-refractivity contribution >= 4 is 34.2 Å². The SMILES string of the molecule is C/C=C\CCc1c(C)n(Cc2ccc(C(=O)NCc3ccc(Cl)cc3)cc2C)c2ccc(C(=N)N)cc12. The van der Waals surface area contributed by atoms with Gasteiger partial charge in [-0.3, -0.25) is 10.2 Å². The number of nitrogens with zero attached hydrogens (tertiary/aromatic N) is 1. The van der Waals surface area contributed by atoms with Crippen molar-refractivity contribution in [1.29, 1.82) is 5.41 Å². The van der Waals surface area contributed by atoms with Gasteiger partial charge >= 0.3 is 0 Å². The molecule has 5 nitrogen and oxygen atoms in total. The summed E-state index contributed by atoms with van der Waals surface area (Å²) in [5, 5.41) is 12.7. The van der Waals surface area contributed by atoms with Gasteiger partial charge in [0, 0.05) is 45.8 Å². The lowest BCUT2D eigenvalue weighted by Gasteiger charge is -2.13. The highest BCUT2D eigenvalue weighted by molar-refractivity contribution is 6.30. The molecule has 6 heteroatoms. The Bertz CT molecular complexity index is 1480. The van der Waals surface area contributed by atoms with Crippen LogP contribution >= 0.6 is 11.6 Å². The minimum Gasteiger partial charge on any atom is -0.384 e. The molecule has 0 aliphatic rings. The van der Waals surface area contributed by atoms with Gasteiger partial charge in [-0.2, -0.15) is 0 Å². The number of benzene rings is 3. The molecule has 4 N–H and O–H groups in total. The molecule has 1 heterocycles. The number of amides is 1. The Labute approximate surface area is 223 Å². The molecule has 0 spiro atoms. The summed E-state index contributed by atoms with van der Waals surface area (Å²) in [5.41, 5.74) is 14.0. The van der Waals surface area contributed by atoms with Gasteiger partial charge in [-0.25, -0.2) is 0 Å². The molecule has 0 fully saturated rings. The van der Waals surface area contributed by atoms with E-state index in [0.717, 1.165) is 46.0 Å². The van der Waals surface area contributed by atoms with Gasteiger partial charge < -0.3 is 15.6 Å². The van der Waals surface area contributed by atoms with Crippen molar-refractivity contribution < 1.29 is 4.79 Å². The van der Waals surface area contributed by atoms with Crippen LogP contribution in [0.5, 0.6) is 0 Å². The van der Waals surface area contributed by atoms with Crippen LogP contribution in [0.2, 0.25) is 5.02 Å². The van der Waals surface area contributed by atoms with E-state index in [1.54, 1.807) is 0 Å². The molecule has 0 saturated carbocycles. The average Bonchev–Trinajstić information content (AvgIpc) is 3.14. The first kappa shape index (κ1) is 26.2. The molecule has 1 amide bonds. The first-order valence-corrected chi connectivity index (χ1v) is 12.9. The van der Waals surface area contributed by atoms with E-state index in [4.69, 9.17) is 22.7 Å². The van der Waals surface area contributed by atoms with Crippen LogP contribution in [0, 0.1) is 19.3 Å². The van der Waals surface area contributed by atoms with Crippen molar-refractivity contribution in [3.05, 3.63) is 117 Å². The van der Waals surface area contributed by atoms with Crippen molar-refractivity contribution in [2.45, 2.75) is 46.7 Å². The van der Waals surface area contributed by atoms with E-state index < -0.39 is 0 Å². The summed E-state index contributed by atoms with van der Waals surface area (Å²) in [4.78, 5) is 12.8. The molecule has 0 aliphatic carbocycles. The molecule has 0 bridgehead atoms. The van der Waals surface area contributed by atoms with Gasteiger partial charge in [0.25, 0.3) is 5.91 Å². The van der Waals surface area contributed by atoms with Crippen LogP contribution < -0.4 is 11.1 Å². The van der Waals surface area contributed by atoms with Crippen LogP contribution in [0.25, 0.3) is 10.9 Å². The predicted molar refractivity (Wildman–Crippen MR) is 154 cm³/mol. The maximum absolute atomic E-state index is 12.8. The third kappa shape index (κ3) is 5.95. The van der Waals surface area contributed by atoms with Gasteiger partial charge in [0.1, 0.15) is 5.84 Å². The molecule has 0 aliphatic heterocycles. The highest BCUT2D eigenvalue weighted by Gasteiger charge is 2.16. The number of carbonyl (C=O) groups is 1. The standard InChI is InChI=1S/C31H33ClN4O/c1-4-5-6-7-27-21(3)36(29-15-12-23(30(33)34)17-28(27)29)19-25-11-10-24(16-20(25)2)31(37)35-18-22-8-13-26(32)14-9-22/h4-5,8-17H,6-7,18-19H2,1-3H3,(H3,33,34)(H,35,37)/b5-4-. The number of fused-ring (bicyclic) bond motifs is 1. The normalized spacial score (nSPS) is 11.4. The lowest BCUT2D eigenvalue weighted by molar-refractivity contribution is 0.0951. The lowest BCUT2D eigenvalue weighted by Crippen LogP contribution is -2.23. The fourth-order valence-electron chi connectivity index (χ4n) is 4.70. The Morgan fingerprint density at radius 3 is 2.46 bits per heavy atom. The summed E-state index contributed by atoms with van der Waals surface area (Å²) in [6, 6.07) is 19.4. The molecule has 3 aromatic carbocycles. The molecular weight excluding hydrogens is 480 g/mol. The Balaban J connectivity index is 1.59. The maximum atomic E-state index is 12.8. The van der Waals surface area contributed by atoms with Crippen molar-refractivity contribution in [2.24, 2.45) is 5.73 Å². The fraction of sp³-hybridized carbons (Fsp3) is 0.226. The predicted octanol–water partition coefficient (Wildman–Crippen LogP) is 6.68. The van der Waals surface area contributed by atoms with Crippen molar-refractivity contribution in [3.8, 4) is 0 Å². The zero-order valence-electron chi connectivity index (χ0n) is 21.6. The number of allylic oxidation sites excluding steroid dienone is 2. The van der Waals surface area contributed by atoms with E-state index in [1.807, 2.05) is 68.4 Å². The van der Waals surface area contributed by atoms with Crippen LogP contribution in [0.4, 0.5) is 0 Å². The number of aromatic nitrogens is 1. The zero-order chi connectivity index (χ0) is 26.5. The minimum absolute atomic E-state index is 0.0764. The number of nitrogens with one attached hydrogen (secondary N) is 2. The Kier molecular flexibility index (Phi) is 8.14. The molecule has 0 radical (unpaired) electrons. The summed E-state index contributed by atoms with van der Waals surface area (Å²) in [5.74, 6) is -0.0253.